The van der Waals surface area contributed by atoms with Crippen molar-refractivity contribution < 1.29 is 19.4 Å². The smallest absolute Gasteiger partial charge is 0.313 e. The Hall–Kier alpha value is -1.69. The zero-order chi connectivity index (χ0) is 13.7. The molecule has 0 bridgehead atoms. The van der Waals surface area contributed by atoms with E-state index in [4.69, 9.17) is 9.84 Å². The molecule has 1 aliphatic rings. The Morgan fingerprint density at radius 2 is 2.16 bits per heavy atom. The average Bonchev–Trinajstić information content (AvgIpc) is 2.38. The van der Waals surface area contributed by atoms with Gasteiger partial charge in [-0.15, -0.1) is 11.8 Å². The highest BCUT2D eigenvalue weighted by Gasteiger charge is 2.20. The minimum absolute atomic E-state index is 0.0483. The summed E-state index contributed by atoms with van der Waals surface area (Å²) in [5.41, 5.74) is 1.08. The number of benzene rings is 1. The second-order valence-electron chi connectivity index (χ2n) is 4.27. The lowest BCUT2D eigenvalue weighted by Gasteiger charge is -2.25. The molecule has 1 aliphatic heterocycles. The largest absolute Gasteiger partial charge is 0.491 e. The summed E-state index contributed by atoms with van der Waals surface area (Å²) in [5, 5.41) is 11.3. The number of thioether (sulfide) groups is 1. The van der Waals surface area contributed by atoms with Gasteiger partial charge in [0.15, 0.2) is 0 Å². The number of hydrogen-bond donors (Lipinski definition) is 2. The van der Waals surface area contributed by atoms with E-state index in [2.05, 4.69) is 5.32 Å². The number of carbonyl (C=O) groups excluding carboxylic acids is 1. The number of ether oxygens (including phenoxy) is 1. The maximum Gasteiger partial charge on any atom is 0.313 e. The molecule has 0 saturated heterocycles. The number of carboxylic acid groups (broad SMARTS) is 1. The molecule has 0 aliphatic carbocycles. The van der Waals surface area contributed by atoms with Crippen molar-refractivity contribution in [3.8, 4) is 5.75 Å². The zero-order valence-corrected chi connectivity index (χ0v) is 11.1. The lowest BCUT2D eigenvalue weighted by Crippen LogP contribution is -2.43. The minimum atomic E-state index is -0.910. The van der Waals surface area contributed by atoms with Crippen LogP contribution in [0.5, 0.6) is 5.75 Å². The maximum absolute atomic E-state index is 11.6. The predicted octanol–water partition coefficient (Wildman–Crippen LogP) is 0.924. The summed E-state index contributed by atoms with van der Waals surface area (Å²) in [6, 6.07) is 7.70. The molecule has 19 heavy (non-hydrogen) atoms. The molecule has 102 valence electrons. The number of rotatable bonds is 5. The second-order valence-corrected chi connectivity index (χ2v) is 5.26. The summed E-state index contributed by atoms with van der Waals surface area (Å²) in [7, 11) is 0. The van der Waals surface area contributed by atoms with Gasteiger partial charge in [0, 0.05) is 0 Å². The van der Waals surface area contributed by atoms with Gasteiger partial charge >= 0.3 is 5.97 Å². The molecule has 0 radical (unpaired) electrons. The van der Waals surface area contributed by atoms with Gasteiger partial charge in [-0.2, -0.15) is 0 Å². The van der Waals surface area contributed by atoms with Gasteiger partial charge in [-0.05, 0) is 18.1 Å². The van der Waals surface area contributed by atoms with Crippen LogP contribution in [0.15, 0.2) is 24.3 Å². The first-order chi connectivity index (χ1) is 9.15. The van der Waals surface area contributed by atoms with E-state index in [0.29, 0.717) is 6.61 Å². The lowest BCUT2D eigenvalue weighted by molar-refractivity contribution is -0.133. The Morgan fingerprint density at radius 1 is 1.37 bits per heavy atom. The van der Waals surface area contributed by atoms with Crippen LogP contribution in [0.3, 0.4) is 0 Å². The Morgan fingerprint density at radius 3 is 2.95 bits per heavy atom. The normalized spacial score (nSPS) is 17.2. The maximum atomic E-state index is 11.6. The Kier molecular flexibility index (Phi) is 4.68. The highest BCUT2D eigenvalue weighted by molar-refractivity contribution is 8.00. The lowest BCUT2D eigenvalue weighted by atomic mass is 10.0. The van der Waals surface area contributed by atoms with Crippen LogP contribution in [0.1, 0.15) is 5.56 Å². The third-order valence-electron chi connectivity index (χ3n) is 2.70. The molecule has 1 aromatic carbocycles. The summed E-state index contributed by atoms with van der Waals surface area (Å²) >= 11 is 1.09. The molecule has 0 spiro atoms. The molecule has 1 unspecified atom stereocenters. The van der Waals surface area contributed by atoms with Crippen molar-refractivity contribution in [3.05, 3.63) is 29.8 Å². The molecular formula is C13H15NO4S. The first-order valence-electron chi connectivity index (χ1n) is 5.95. The topological polar surface area (TPSA) is 75.6 Å². The number of aliphatic carboxylic acids is 1. The fraction of sp³-hybridized carbons (Fsp3) is 0.385. The van der Waals surface area contributed by atoms with Crippen molar-refractivity contribution >= 4 is 23.6 Å². The highest BCUT2D eigenvalue weighted by Crippen LogP contribution is 2.23. The monoisotopic (exact) mass is 281 g/mol. The van der Waals surface area contributed by atoms with Gasteiger partial charge in [-0.3, -0.25) is 9.59 Å². The number of nitrogens with one attached hydrogen (secondary N) is 1. The summed E-state index contributed by atoms with van der Waals surface area (Å²) < 4.78 is 5.56. The number of para-hydroxylation sites is 1. The summed E-state index contributed by atoms with van der Waals surface area (Å²) in [5.74, 6) is -0.0952. The zero-order valence-electron chi connectivity index (χ0n) is 10.3. The molecule has 1 atom stereocenters. The van der Waals surface area contributed by atoms with Crippen LogP contribution in [-0.2, 0) is 16.0 Å². The molecule has 0 fully saturated rings. The third kappa shape index (κ3) is 4.17. The number of hydrogen-bond acceptors (Lipinski definition) is 4. The molecule has 6 heteroatoms. The summed E-state index contributed by atoms with van der Waals surface area (Å²) in [6.07, 6.45) is 0.742. The first-order valence-corrected chi connectivity index (χ1v) is 7.10. The van der Waals surface area contributed by atoms with Crippen LogP contribution in [0, 0.1) is 0 Å². The Bertz CT molecular complexity index is 477. The second kappa shape index (κ2) is 6.47. The first kappa shape index (κ1) is 13.7. The van der Waals surface area contributed by atoms with E-state index in [0.717, 1.165) is 29.5 Å². The van der Waals surface area contributed by atoms with Gasteiger partial charge in [0.1, 0.15) is 12.4 Å². The van der Waals surface area contributed by atoms with E-state index in [1.54, 1.807) is 0 Å². The quantitative estimate of drug-likeness (QED) is 0.839. The summed E-state index contributed by atoms with van der Waals surface area (Å²) in [4.78, 5) is 22.0. The molecule has 0 saturated carbocycles. The van der Waals surface area contributed by atoms with Crippen LogP contribution < -0.4 is 10.1 Å². The van der Waals surface area contributed by atoms with Crippen LogP contribution in [-0.4, -0.2) is 41.1 Å². The van der Waals surface area contributed by atoms with E-state index in [-0.39, 0.29) is 23.5 Å². The van der Waals surface area contributed by atoms with Crippen molar-refractivity contribution in [1.82, 2.24) is 5.32 Å². The molecule has 1 heterocycles. The van der Waals surface area contributed by atoms with Crippen molar-refractivity contribution in [2.24, 2.45) is 0 Å². The standard InChI is InChI=1S/C13H15NO4S/c15-12(7-19-8-13(16)17)14-10-5-9-3-1-2-4-11(9)18-6-10/h1-4,10H,5-8H2,(H,14,15)(H,16,17). The Labute approximate surface area is 115 Å². The summed E-state index contributed by atoms with van der Waals surface area (Å²) in [6.45, 7) is 0.451. The molecular weight excluding hydrogens is 266 g/mol. The Balaban J connectivity index is 1.79. The van der Waals surface area contributed by atoms with Crippen LogP contribution in [0.2, 0.25) is 0 Å². The van der Waals surface area contributed by atoms with Crippen LogP contribution in [0.25, 0.3) is 0 Å². The molecule has 1 aromatic rings. The van der Waals surface area contributed by atoms with E-state index < -0.39 is 5.97 Å². The van der Waals surface area contributed by atoms with Gasteiger partial charge in [-0.1, -0.05) is 18.2 Å². The van der Waals surface area contributed by atoms with Crippen molar-refractivity contribution in [1.29, 1.82) is 0 Å². The van der Waals surface area contributed by atoms with Crippen molar-refractivity contribution in [2.75, 3.05) is 18.1 Å². The van der Waals surface area contributed by atoms with Gasteiger partial charge in [0.2, 0.25) is 5.91 Å². The van der Waals surface area contributed by atoms with E-state index in [1.165, 1.54) is 0 Å². The predicted molar refractivity (Wildman–Crippen MR) is 72.5 cm³/mol. The molecule has 2 rings (SSSR count). The van der Waals surface area contributed by atoms with Crippen LogP contribution >= 0.6 is 11.8 Å². The number of amides is 1. The SMILES string of the molecule is O=C(O)CSCC(=O)NC1COc2ccccc2C1. The van der Waals surface area contributed by atoms with Crippen molar-refractivity contribution in [3.63, 3.8) is 0 Å². The fourth-order valence-electron chi connectivity index (χ4n) is 1.92. The minimum Gasteiger partial charge on any atom is -0.491 e. The molecule has 5 nitrogen and oxygen atoms in total. The van der Waals surface area contributed by atoms with Crippen LogP contribution in [0.4, 0.5) is 0 Å². The van der Waals surface area contributed by atoms with Gasteiger partial charge in [-0.25, -0.2) is 0 Å². The molecule has 0 aromatic heterocycles. The fourth-order valence-corrected chi connectivity index (χ4v) is 2.47. The number of carbonyl (C=O) groups is 2. The highest BCUT2D eigenvalue weighted by atomic mass is 32.2. The van der Waals surface area contributed by atoms with Gasteiger partial charge in [0.25, 0.3) is 0 Å². The van der Waals surface area contributed by atoms with Crippen molar-refractivity contribution in [2.45, 2.75) is 12.5 Å². The molecule has 2 N–H and O–H groups in total. The van der Waals surface area contributed by atoms with E-state index in [9.17, 15) is 9.59 Å². The number of fused-ring (bicyclic) bond motifs is 1. The number of carboxylic acids is 1. The molecule has 1 amide bonds. The van der Waals surface area contributed by atoms with Gasteiger partial charge in [0.05, 0.1) is 17.5 Å². The van der Waals surface area contributed by atoms with Gasteiger partial charge < -0.3 is 15.2 Å². The average molecular weight is 281 g/mol. The van der Waals surface area contributed by atoms with E-state index >= 15 is 0 Å². The van der Waals surface area contributed by atoms with E-state index in [1.807, 2.05) is 24.3 Å². The third-order valence-corrected chi connectivity index (χ3v) is 3.62.